The second-order valence-corrected chi connectivity index (χ2v) is 15.4. The van der Waals surface area contributed by atoms with Crippen LogP contribution in [0.2, 0.25) is 0 Å². The van der Waals surface area contributed by atoms with Gasteiger partial charge in [0.15, 0.2) is 0 Å². The van der Waals surface area contributed by atoms with Gasteiger partial charge in [-0.1, -0.05) is 154 Å². The molecule has 0 aromatic heterocycles. The molecule has 0 radical (unpaired) electrons. The van der Waals surface area contributed by atoms with Crippen molar-refractivity contribution >= 4 is 23.3 Å². The smallest absolute Gasteiger partial charge is 0.0165 e. The molecule has 6 rings (SSSR count). The molecule has 0 heterocycles. The van der Waals surface area contributed by atoms with Gasteiger partial charge in [-0.15, -0.1) is 0 Å². The largest absolute Gasteiger partial charge is 0.0622 e. The Morgan fingerprint density at radius 1 is 0.422 bits per heavy atom. The van der Waals surface area contributed by atoms with Gasteiger partial charge in [-0.2, -0.15) is 0 Å². The van der Waals surface area contributed by atoms with Crippen molar-refractivity contribution in [2.45, 2.75) is 105 Å². The van der Waals surface area contributed by atoms with E-state index in [1.165, 1.54) is 55.7 Å². The van der Waals surface area contributed by atoms with Gasteiger partial charge in [-0.25, -0.2) is 0 Å². The van der Waals surface area contributed by atoms with E-state index in [0.29, 0.717) is 23.7 Å². The molecule has 0 saturated carbocycles. The first-order chi connectivity index (χ1) is 21.4. The number of allylic oxidation sites excluding steroid dienone is 2. The number of hydrogen-bond acceptors (Lipinski definition) is 0. The minimum atomic E-state index is -0.127. The van der Waals surface area contributed by atoms with Crippen LogP contribution in [-0.4, -0.2) is 0 Å². The Morgan fingerprint density at radius 2 is 0.733 bits per heavy atom. The van der Waals surface area contributed by atoms with Crippen molar-refractivity contribution in [3.63, 3.8) is 0 Å². The zero-order valence-electron chi connectivity index (χ0n) is 29.2. The first-order valence-electron chi connectivity index (χ1n) is 17.3. The first-order valence-corrected chi connectivity index (χ1v) is 17.3. The van der Waals surface area contributed by atoms with Gasteiger partial charge in [0.2, 0.25) is 0 Å². The molecule has 0 aliphatic heterocycles. The maximum absolute atomic E-state index is 2.58. The predicted molar refractivity (Wildman–Crippen MR) is 197 cm³/mol. The van der Waals surface area contributed by atoms with Gasteiger partial charge in [0.05, 0.1) is 0 Å². The van der Waals surface area contributed by atoms with Crippen molar-refractivity contribution in [1.82, 2.24) is 0 Å². The summed E-state index contributed by atoms with van der Waals surface area (Å²) in [5, 5.41) is 0. The Kier molecular flexibility index (Phi) is 8.32. The third kappa shape index (κ3) is 5.25. The molecule has 2 aliphatic rings. The summed E-state index contributed by atoms with van der Waals surface area (Å²) in [4.78, 5) is 0. The zero-order chi connectivity index (χ0) is 32.2. The topological polar surface area (TPSA) is 0 Å². The number of fused-ring (bicyclic) bond motifs is 2. The minimum Gasteiger partial charge on any atom is -0.0622 e. The fourth-order valence-corrected chi connectivity index (χ4v) is 8.58. The van der Waals surface area contributed by atoms with E-state index >= 15 is 0 Å². The molecule has 0 fully saturated rings. The quantitative estimate of drug-likeness (QED) is 0.191. The first kappa shape index (κ1) is 31.3. The number of rotatable bonds is 8. The Bertz CT molecular complexity index is 1630. The molecule has 0 saturated heterocycles. The van der Waals surface area contributed by atoms with Gasteiger partial charge in [0.25, 0.3) is 0 Å². The standard InChI is InChI=1S/C45H52/c1-27(2)33-21-23-35(29(5)6)41-39(33)25-37(31-17-13-11-14-18-31)43(41)45(9,10)44-38(32-19-15-12-16-20-32)26-40-34(28(3)4)22-24-36(30(7)8)42(40)44/h11-30,43-44H,1-10H3. The fourth-order valence-electron chi connectivity index (χ4n) is 8.58. The van der Waals surface area contributed by atoms with E-state index < -0.39 is 0 Å². The minimum absolute atomic E-state index is 0.127. The van der Waals surface area contributed by atoms with Crippen LogP contribution in [0, 0.1) is 5.41 Å². The Morgan fingerprint density at radius 3 is 1.04 bits per heavy atom. The lowest BCUT2D eigenvalue weighted by molar-refractivity contribution is 0.301. The molecule has 232 valence electrons. The maximum Gasteiger partial charge on any atom is 0.0165 e. The molecule has 0 N–H and O–H groups in total. The van der Waals surface area contributed by atoms with Crippen LogP contribution in [0.5, 0.6) is 0 Å². The molecule has 2 atom stereocenters. The van der Waals surface area contributed by atoms with E-state index in [4.69, 9.17) is 0 Å². The Hall–Kier alpha value is -3.64. The predicted octanol–water partition coefficient (Wildman–Crippen LogP) is 13.2. The van der Waals surface area contributed by atoms with Gasteiger partial charge < -0.3 is 0 Å². The van der Waals surface area contributed by atoms with Gasteiger partial charge in [0, 0.05) is 11.8 Å². The third-order valence-electron chi connectivity index (χ3n) is 10.7. The molecule has 0 nitrogen and oxygen atoms in total. The molecular weight excluding hydrogens is 540 g/mol. The third-order valence-corrected chi connectivity index (χ3v) is 10.7. The van der Waals surface area contributed by atoms with Crippen LogP contribution in [0.25, 0.3) is 23.3 Å². The van der Waals surface area contributed by atoms with Crippen LogP contribution in [0.1, 0.15) is 160 Å². The molecule has 4 aromatic carbocycles. The van der Waals surface area contributed by atoms with Gasteiger partial charge in [-0.3, -0.25) is 0 Å². The van der Waals surface area contributed by atoms with Crippen LogP contribution in [0.4, 0.5) is 0 Å². The number of hydrogen-bond donors (Lipinski definition) is 0. The lowest BCUT2D eigenvalue weighted by Crippen LogP contribution is -2.31. The molecule has 0 spiro atoms. The van der Waals surface area contributed by atoms with Crippen LogP contribution in [0.15, 0.2) is 84.9 Å². The molecule has 0 heteroatoms. The molecular formula is C45H52. The van der Waals surface area contributed by atoms with Crippen LogP contribution < -0.4 is 0 Å². The van der Waals surface area contributed by atoms with E-state index in [0.717, 1.165) is 0 Å². The lowest BCUT2D eigenvalue weighted by atomic mass is 9.59. The van der Waals surface area contributed by atoms with Gasteiger partial charge in [0.1, 0.15) is 0 Å². The van der Waals surface area contributed by atoms with Crippen molar-refractivity contribution in [3.05, 3.63) is 141 Å². The summed E-state index contributed by atoms with van der Waals surface area (Å²) in [6.07, 6.45) is 5.15. The van der Waals surface area contributed by atoms with Crippen molar-refractivity contribution in [3.8, 4) is 0 Å². The highest BCUT2D eigenvalue weighted by atomic mass is 14.5. The van der Waals surface area contributed by atoms with Crippen LogP contribution >= 0.6 is 0 Å². The molecule has 0 bridgehead atoms. The molecule has 4 aromatic rings. The van der Waals surface area contributed by atoms with Crippen LogP contribution in [0.3, 0.4) is 0 Å². The van der Waals surface area contributed by atoms with Gasteiger partial charge in [-0.05, 0) is 108 Å². The molecule has 45 heavy (non-hydrogen) atoms. The lowest BCUT2D eigenvalue weighted by Gasteiger charge is -2.44. The zero-order valence-corrected chi connectivity index (χ0v) is 29.2. The normalized spacial score (nSPS) is 17.7. The summed E-state index contributed by atoms with van der Waals surface area (Å²) >= 11 is 0. The van der Waals surface area contributed by atoms with Gasteiger partial charge >= 0.3 is 0 Å². The SMILES string of the molecule is CC(C)c1ccc(C(C)C)c2c1C=C(c1ccccc1)C2C(C)(C)C1C(c2ccccc2)=Cc2c(C(C)C)ccc(C(C)C)c21. The van der Waals surface area contributed by atoms with Crippen molar-refractivity contribution < 1.29 is 0 Å². The Labute approximate surface area is 273 Å². The highest BCUT2D eigenvalue weighted by molar-refractivity contribution is 5.97. The average molecular weight is 593 g/mol. The van der Waals surface area contributed by atoms with Crippen molar-refractivity contribution in [2.75, 3.05) is 0 Å². The van der Waals surface area contributed by atoms with E-state index in [9.17, 15) is 0 Å². The summed E-state index contributed by atoms with van der Waals surface area (Å²) in [5.74, 6) is 2.31. The van der Waals surface area contributed by atoms with Crippen molar-refractivity contribution in [1.29, 1.82) is 0 Å². The second kappa shape index (κ2) is 11.9. The van der Waals surface area contributed by atoms with Crippen LogP contribution in [-0.2, 0) is 0 Å². The summed E-state index contributed by atoms with van der Waals surface area (Å²) in [5.41, 5.74) is 17.5. The number of benzene rings is 4. The summed E-state index contributed by atoms with van der Waals surface area (Å²) in [6.45, 7) is 24.1. The highest BCUT2D eigenvalue weighted by Crippen LogP contribution is 2.64. The summed E-state index contributed by atoms with van der Waals surface area (Å²) in [6, 6.07) is 32.2. The maximum atomic E-state index is 2.58. The second-order valence-electron chi connectivity index (χ2n) is 15.4. The van der Waals surface area contributed by atoms with E-state index in [-0.39, 0.29) is 17.3 Å². The highest BCUT2D eigenvalue weighted by Gasteiger charge is 2.49. The molecule has 2 unspecified atom stereocenters. The Balaban J connectivity index is 1.69. The monoisotopic (exact) mass is 592 g/mol. The molecule has 2 aliphatic carbocycles. The summed E-state index contributed by atoms with van der Waals surface area (Å²) < 4.78 is 0. The fraction of sp³-hybridized carbons (Fsp3) is 0.378. The molecule has 0 amide bonds. The van der Waals surface area contributed by atoms with E-state index in [2.05, 4.69) is 166 Å². The summed E-state index contributed by atoms with van der Waals surface area (Å²) in [7, 11) is 0. The van der Waals surface area contributed by atoms with E-state index in [1.807, 2.05) is 0 Å². The van der Waals surface area contributed by atoms with E-state index in [1.54, 1.807) is 11.1 Å². The van der Waals surface area contributed by atoms with Crippen molar-refractivity contribution in [2.24, 2.45) is 5.41 Å². The average Bonchev–Trinajstić information content (AvgIpc) is 3.62.